The third kappa shape index (κ3) is 6.40. The van der Waals surface area contributed by atoms with E-state index in [0.29, 0.717) is 11.7 Å². The van der Waals surface area contributed by atoms with Crippen molar-refractivity contribution >= 4 is 5.78 Å². The predicted molar refractivity (Wildman–Crippen MR) is 83.3 cm³/mol. The number of hydrogen-bond acceptors (Lipinski definition) is 1. The number of ketones is 1. The van der Waals surface area contributed by atoms with Gasteiger partial charge in [0.25, 0.3) is 0 Å². The van der Waals surface area contributed by atoms with E-state index < -0.39 is 0 Å². The van der Waals surface area contributed by atoms with Gasteiger partial charge in [0.1, 0.15) is 5.78 Å². The number of unbranched alkanes of at least 4 members (excludes halogenated alkanes) is 2. The van der Waals surface area contributed by atoms with Gasteiger partial charge in [-0.05, 0) is 44.4 Å². The number of hydrogen-bond donors (Lipinski definition) is 0. The van der Waals surface area contributed by atoms with Crippen LogP contribution in [-0.4, -0.2) is 5.78 Å². The van der Waals surface area contributed by atoms with Crippen molar-refractivity contribution in [3.8, 4) is 0 Å². The van der Waals surface area contributed by atoms with E-state index in [-0.39, 0.29) is 0 Å². The fourth-order valence-corrected chi connectivity index (χ4v) is 3.26. The van der Waals surface area contributed by atoms with Crippen molar-refractivity contribution in [3.05, 3.63) is 11.6 Å². The molecule has 0 aliphatic heterocycles. The zero-order chi connectivity index (χ0) is 14.1. The summed E-state index contributed by atoms with van der Waals surface area (Å²) in [5, 5.41) is 0. The molecule has 110 valence electrons. The molecule has 1 heteroatoms. The standard InChI is InChI=1S/C18H32O/c1-4-5-7-10-18(14-13-15(2)19)16(3)17-11-8-6-9-12-17/h10,16-17H,4-9,11-14H2,1-3H3/b18-10-/t16-/m1/s1. The van der Waals surface area contributed by atoms with Gasteiger partial charge in [0, 0.05) is 6.42 Å². The summed E-state index contributed by atoms with van der Waals surface area (Å²) in [5.74, 6) is 1.89. The Kier molecular flexibility index (Phi) is 8.09. The van der Waals surface area contributed by atoms with Crippen LogP contribution in [0.1, 0.15) is 85.0 Å². The summed E-state index contributed by atoms with van der Waals surface area (Å²) in [6.07, 6.45) is 14.9. The topological polar surface area (TPSA) is 17.1 Å². The number of carbonyl (C=O) groups is 1. The van der Waals surface area contributed by atoms with Gasteiger partial charge in [-0.25, -0.2) is 0 Å². The molecule has 0 aromatic rings. The van der Waals surface area contributed by atoms with Gasteiger partial charge in [0.2, 0.25) is 0 Å². The summed E-state index contributed by atoms with van der Waals surface area (Å²) in [6, 6.07) is 0. The minimum atomic E-state index is 0.331. The highest BCUT2D eigenvalue weighted by molar-refractivity contribution is 5.75. The third-order valence-electron chi connectivity index (χ3n) is 4.67. The van der Waals surface area contributed by atoms with E-state index in [1.165, 1.54) is 51.4 Å². The Hall–Kier alpha value is -0.590. The smallest absolute Gasteiger partial charge is 0.130 e. The Balaban J connectivity index is 2.58. The van der Waals surface area contributed by atoms with Crippen LogP contribution < -0.4 is 0 Å². The molecule has 1 aliphatic carbocycles. The Morgan fingerprint density at radius 3 is 2.47 bits per heavy atom. The molecule has 1 rings (SSSR count). The largest absolute Gasteiger partial charge is 0.300 e. The van der Waals surface area contributed by atoms with E-state index >= 15 is 0 Å². The van der Waals surface area contributed by atoms with Gasteiger partial charge in [-0.1, -0.05) is 57.6 Å². The Labute approximate surface area is 119 Å². The lowest BCUT2D eigenvalue weighted by atomic mass is 9.76. The summed E-state index contributed by atoms with van der Waals surface area (Å²) in [5.41, 5.74) is 1.57. The fraction of sp³-hybridized carbons (Fsp3) is 0.833. The van der Waals surface area contributed by atoms with Crippen molar-refractivity contribution in [3.63, 3.8) is 0 Å². The van der Waals surface area contributed by atoms with Gasteiger partial charge in [0.05, 0.1) is 0 Å². The lowest BCUT2D eigenvalue weighted by Gasteiger charge is -2.29. The summed E-state index contributed by atoms with van der Waals surface area (Å²) >= 11 is 0. The maximum absolute atomic E-state index is 11.2. The molecule has 19 heavy (non-hydrogen) atoms. The average molecular weight is 264 g/mol. The van der Waals surface area contributed by atoms with Gasteiger partial charge in [0.15, 0.2) is 0 Å². The van der Waals surface area contributed by atoms with Gasteiger partial charge >= 0.3 is 0 Å². The monoisotopic (exact) mass is 264 g/mol. The van der Waals surface area contributed by atoms with Crippen LogP contribution in [0.15, 0.2) is 11.6 Å². The molecule has 0 heterocycles. The summed E-state index contributed by atoms with van der Waals surface area (Å²) in [7, 11) is 0. The summed E-state index contributed by atoms with van der Waals surface area (Å²) < 4.78 is 0. The molecule has 0 spiro atoms. The van der Waals surface area contributed by atoms with Gasteiger partial charge < -0.3 is 4.79 Å². The number of Topliss-reactive ketones (excluding diaryl/α,β-unsaturated/α-hetero) is 1. The Bertz CT molecular complexity index is 284. The minimum Gasteiger partial charge on any atom is -0.300 e. The average Bonchev–Trinajstić information content (AvgIpc) is 2.42. The van der Waals surface area contributed by atoms with Crippen LogP contribution in [0.3, 0.4) is 0 Å². The van der Waals surface area contributed by atoms with Crippen LogP contribution in [0.5, 0.6) is 0 Å². The van der Waals surface area contributed by atoms with Crippen LogP contribution in [0.2, 0.25) is 0 Å². The lowest BCUT2D eigenvalue weighted by Crippen LogP contribution is -2.17. The molecule has 0 aromatic heterocycles. The molecule has 0 amide bonds. The second-order valence-corrected chi connectivity index (χ2v) is 6.31. The highest BCUT2D eigenvalue weighted by Gasteiger charge is 2.22. The molecular weight excluding hydrogens is 232 g/mol. The van der Waals surface area contributed by atoms with E-state index in [2.05, 4.69) is 19.9 Å². The molecule has 0 N–H and O–H groups in total. The van der Waals surface area contributed by atoms with Gasteiger partial charge in [-0.3, -0.25) is 0 Å². The van der Waals surface area contributed by atoms with E-state index in [1.54, 1.807) is 12.5 Å². The third-order valence-corrected chi connectivity index (χ3v) is 4.67. The molecule has 0 aromatic carbocycles. The molecule has 1 saturated carbocycles. The highest BCUT2D eigenvalue weighted by atomic mass is 16.1. The van der Waals surface area contributed by atoms with Crippen molar-refractivity contribution in [1.82, 2.24) is 0 Å². The zero-order valence-corrected chi connectivity index (χ0v) is 13.2. The fourth-order valence-electron chi connectivity index (χ4n) is 3.26. The van der Waals surface area contributed by atoms with Crippen LogP contribution in [-0.2, 0) is 4.79 Å². The molecular formula is C18H32O. The maximum Gasteiger partial charge on any atom is 0.130 e. The molecule has 1 aliphatic rings. The van der Waals surface area contributed by atoms with E-state index in [9.17, 15) is 4.79 Å². The van der Waals surface area contributed by atoms with Crippen molar-refractivity contribution in [2.45, 2.75) is 85.0 Å². The molecule has 1 fully saturated rings. The van der Waals surface area contributed by atoms with Crippen LogP contribution in [0.4, 0.5) is 0 Å². The van der Waals surface area contributed by atoms with Crippen LogP contribution in [0.25, 0.3) is 0 Å². The first-order chi connectivity index (χ1) is 9.15. The number of carbonyl (C=O) groups excluding carboxylic acids is 1. The molecule has 1 nitrogen and oxygen atoms in total. The van der Waals surface area contributed by atoms with Crippen molar-refractivity contribution in [2.75, 3.05) is 0 Å². The molecule has 0 saturated heterocycles. The Morgan fingerprint density at radius 1 is 1.21 bits per heavy atom. The van der Waals surface area contributed by atoms with Gasteiger partial charge in [-0.15, -0.1) is 0 Å². The number of allylic oxidation sites excluding steroid dienone is 2. The van der Waals surface area contributed by atoms with E-state index in [1.807, 2.05) is 0 Å². The second-order valence-electron chi connectivity index (χ2n) is 6.31. The zero-order valence-electron chi connectivity index (χ0n) is 13.2. The number of rotatable bonds is 8. The van der Waals surface area contributed by atoms with Crippen LogP contribution >= 0.6 is 0 Å². The van der Waals surface area contributed by atoms with Crippen molar-refractivity contribution < 1.29 is 4.79 Å². The first kappa shape index (κ1) is 16.5. The normalized spacial score (nSPS) is 19.4. The molecule has 0 unspecified atom stereocenters. The first-order valence-corrected chi connectivity index (χ1v) is 8.33. The van der Waals surface area contributed by atoms with Crippen LogP contribution in [0, 0.1) is 11.8 Å². The Morgan fingerprint density at radius 2 is 1.89 bits per heavy atom. The van der Waals surface area contributed by atoms with E-state index in [0.717, 1.165) is 18.8 Å². The highest BCUT2D eigenvalue weighted by Crippen LogP contribution is 2.35. The molecule has 0 radical (unpaired) electrons. The second kappa shape index (κ2) is 9.34. The SMILES string of the molecule is CCCC/C=C(/CCC(C)=O)[C@H](C)C1CCCCC1. The van der Waals surface area contributed by atoms with Crippen molar-refractivity contribution in [1.29, 1.82) is 0 Å². The lowest BCUT2D eigenvalue weighted by molar-refractivity contribution is -0.117. The predicted octanol–water partition coefficient (Wildman–Crippen LogP) is 5.69. The van der Waals surface area contributed by atoms with Gasteiger partial charge in [-0.2, -0.15) is 0 Å². The minimum absolute atomic E-state index is 0.331. The first-order valence-electron chi connectivity index (χ1n) is 8.33. The maximum atomic E-state index is 11.2. The summed E-state index contributed by atoms with van der Waals surface area (Å²) in [4.78, 5) is 11.2. The summed E-state index contributed by atoms with van der Waals surface area (Å²) in [6.45, 7) is 6.36. The van der Waals surface area contributed by atoms with E-state index in [4.69, 9.17) is 0 Å². The molecule has 0 bridgehead atoms. The van der Waals surface area contributed by atoms with Crippen molar-refractivity contribution in [2.24, 2.45) is 11.8 Å². The quantitative estimate of drug-likeness (QED) is 0.406. The molecule has 1 atom stereocenters.